The van der Waals surface area contributed by atoms with Crippen molar-refractivity contribution in [3.63, 3.8) is 0 Å². The highest BCUT2D eigenvalue weighted by atomic mass is 35.5. The first kappa shape index (κ1) is 23.1. The van der Waals surface area contributed by atoms with Gasteiger partial charge in [-0.2, -0.15) is 0 Å². The number of methoxy groups -OCH3 is 1. The molecule has 0 aliphatic carbocycles. The summed E-state index contributed by atoms with van der Waals surface area (Å²) in [6.07, 6.45) is 5.84. The standard InChI is InChI=1S/C22H30ClNO5/c1-14(2)29-22-18(23)11-17(12-19(22)27-5)9-10-21(26)28-13-20(25)24-15(3)7-6-8-16(24)4/h9-12,14-16H,6-8,13H2,1-5H3/b10-9+/t15-,16+. The lowest BCUT2D eigenvalue weighted by atomic mass is 9.97. The summed E-state index contributed by atoms with van der Waals surface area (Å²) in [4.78, 5) is 26.3. The van der Waals surface area contributed by atoms with E-state index in [2.05, 4.69) is 0 Å². The Kier molecular flexibility index (Phi) is 8.38. The molecule has 1 amide bonds. The van der Waals surface area contributed by atoms with Crippen LogP contribution in [0.2, 0.25) is 5.02 Å². The number of likely N-dealkylation sites (tertiary alicyclic amines) is 1. The first-order chi connectivity index (χ1) is 13.7. The van der Waals surface area contributed by atoms with Crippen molar-refractivity contribution in [2.45, 2.75) is 65.1 Å². The molecule has 0 bridgehead atoms. The summed E-state index contributed by atoms with van der Waals surface area (Å²) in [5.74, 6) is 0.182. The molecule has 2 rings (SSSR count). The van der Waals surface area contributed by atoms with Crippen LogP contribution in [0.25, 0.3) is 6.08 Å². The number of ether oxygens (including phenoxy) is 3. The SMILES string of the molecule is COc1cc(/C=C/C(=O)OCC(=O)N2[C@H](C)CCC[C@@H]2C)cc(Cl)c1OC(C)C. The number of piperidine rings is 1. The molecule has 2 atom stereocenters. The van der Waals surface area contributed by atoms with Gasteiger partial charge in [-0.25, -0.2) is 4.79 Å². The van der Waals surface area contributed by atoms with Crippen LogP contribution >= 0.6 is 11.6 Å². The molecule has 0 saturated carbocycles. The van der Waals surface area contributed by atoms with Crippen LogP contribution in [0.4, 0.5) is 0 Å². The van der Waals surface area contributed by atoms with Gasteiger partial charge in [0.25, 0.3) is 5.91 Å². The minimum atomic E-state index is -0.590. The van der Waals surface area contributed by atoms with E-state index in [-0.39, 0.29) is 30.7 Å². The van der Waals surface area contributed by atoms with E-state index < -0.39 is 5.97 Å². The summed E-state index contributed by atoms with van der Waals surface area (Å²) in [5, 5.41) is 0.384. The number of nitrogens with zero attached hydrogens (tertiary/aromatic N) is 1. The highest BCUT2D eigenvalue weighted by Crippen LogP contribution is 2.37. The fourth-order valence-corrected chi connectivity index (χ4v) is 3.78. The zero-order valence-corrected chi connectivity index (χ0v) is 18.5. The van der Waals surface area contributed by atoms with Gasteiger partial charge < -0.3 is 19.1 Å². The maximum absolute atomic E-state index is 12.4. The Bertz CT molecular complexity index is 752. The van der Waals surface area contributed by atoms with Gasteiger partial charge >= 0.3 is 5.97 Å². The van der Waals surface area contributed by atoms with Gasteiger partial charge in [-0.1, -0.05) is 11.6 Å². The van der Waals surface area contributed by atoms with E-state index in [1.165, 1.54) is 13.2 Å². The fourth-order valence-electron chi connectivity index (χ4n) is 3.52. The number of amides is 1. The van der Waals surface area contributed by atoms with Crippen molar-refractivity contribution in [3.8, 4) is 11.5 Å². The molecule has 1 fully saturated rings. The normalized spacial score (nSPS) is 19.5. The number of rotatable bonds is 7. The quantitative estimate of drug-likeness (QED) is 0.477. The molecule has 1 aliphatic heterocycles. The average Bonchev–Trinajstić information content (AvgIpc) is 2.66. The van der Waals surface area contributed by atoms with Crippen molar-refractivity contribution in [2.75, 3.05) is 13.7 Å². The van der Waals surface area contributed by atoms with Crippen molar-refractivity contribution in [1.82, 2.24) is 4.90 Å². The molecule has 7 heteroatoms. The first-order valence-electron chi connectivity index (χ1n) is 9.93. The molecule has 6 nitrogen and oxygen atoms in total. The van der Waals surface area contributed by atoms with Crippen LogP contribution in [0.15, 0.2) is 18.2 Å². The third-order valence-electron chi connectivity index (χ3n) is 4.84. The summed E-state index contributed by atoms with van der Waals surface area (Å²) in [6.45, 7) is 7.58. The van der Waals surface area contributed by atoms with Crippen molar-refractivity contribution in [3.05, 3.63) is 28.8 Å². The predicted molar refractivity (Wildman–Crippen MR) is 113 cm³/mol. The van der Waals surface area contributed by atoms with Crippen molar-refractivity contribution in [2.24, 2.45) is 0 Å². The molecule has 1 aliphatic rings. The zero-order valence-electron chi connectivity index (χ0n) is 17.7. The Morgan fingerprint density at radius 1 is 1.24 bits per heavy atom. The largest absolute Gasteiger partial charge is 0.493 e. The van der Waals surface area contributed by atoms with Crippen LogP contribution in [0.5, 0.6) is 11.5 Å². The molecule has 1 aromatic rings. The molecular formula is C22H30ClNO5. The summed E-state index contributed by atoms with van der Waals surface area (Å²) in [5.41, 5.74) is 0.657. The Balaban J connectivity index is 1.98. The van der Waals surface area contributed by atoms with Gasteiger partial charge in [-0.3, -0.25) is 4.79 Å². The smallest absolute Gasteiger partial charge is 0.331 e. The molecule has 0 spiro atoms. The van der Waals surface area contributed by atoms with Crippen LogP contribution < -0.4 is 9.47 Å². The lowest BCUT2D eigenvalue weighted by Gasteiger charge is -2.38. The van der Waals surface area contributed by atoms with E-state index in [0.717, 1.165) is 19.3 Å². The number of benzene rings is 1. The van der Waals surface area contributed by atoms with Crippen LogP contribution in [0.1, 0.15) is 52.5 Å². The van der Waals surface area contributed by atoms with E-state index >= 15 is 0 Å². The average molecular weight is 424 g/mol. The van der Waals surface area contributed by atoms with Gasteiger partial charge in [0.15, 0.2) is 18.1 Å². The Morgan fingerprint density at radius 2 is 1.90 bits per heavy atom. The Morgan fingerprint density at radius 3 is 2.48 bits per heavy atom. The number of carbonyl (C=O) groups excluding carboxylic acids is 2. The molecule has 0 aromatic heterocycles. The van der Waals surface area contributed by atoms with Gasteiger partial charge in [0.1, 0.15) is 0 Å². The summed E-state index contributed by atoms with van der Waals surface area (Å²) >= 11 is 6.28. The van der Waals surface area contributed by atoms with Gasteiger partial charge in [0, 0.05) is 18.2 Å². The summed E-state index contributed by atoms with van der Waals surface area (Å²) in [7, 11) is 1.52. The van der Waals surface area contributed by atoms with E-state index in [4.69, 9.17) is 25.8 Å². The number of hydrogen-bond donors (Lipinski definition) is 0. The second-order valence-electron chi connectivity index (χ2n) is 7.57. The van der Waals surface area contributed by atoms with Crippen molar-refractivity contribution in [1.29, 1.82) is 0 Å². The summed E-state index contributed by atoms with van der Waals surface area (Å²) in [6, 6.07) is 3.73. The van der Waals surface area contributed by atoms with E-state index in [9.17, 15) is 9.59 Å². The molecule has 1 aromatic carbocycles. The number of halogens is 1. The lowest BCUT2D eigenvalue weighted by molar-refractivity contribution is -0.151. The molecule has 0 N–H and O–H groups in total. The van der Waals surface area contributed by atoms with Crippen LogP contribution in [0.3, 0.4) is 0 Å². The topological polar surface area (TPSA) is 65.1 Å². The Hall–Kier alpha value is -2.21. The number of esters is 1. The maximum Gasteiger partial charge on any atom is 0.331 e. The third kappa shape index (κ3) is 6.39. The molecule has 0 radical (unpaired) electrons. The Labute approximate surface area is 177 Å². The molecule has 160 valence electrons. The first-order valence-corrected chi connectivity index (χ1v) is 10.3. The third-order valence-corrected chi connectivity index (χ3v) is 5.12. The van der Waals surface area contributed by atoms with Crippen LogP contribution in [-0.2, 0) is 14.3 Å². The highest BCUT2D eigenvalue weighted by Gasteiger charge is 2.29. The van der Waals surface area contributed by atoms with Gasteiger partial charge in [0.2, 0.25) is 0 Å². The van der Waals surface area contributed by atoms with Gasteiger partial charge in [0.05, 0.1) is 18.2 Å². The van der Waals surface area contributed by atoms with Crippen LogP contribution in [0, 0.1) is 0 Å². The second-order valence-corrected chi connectivity index (χ2v) is 7.98. The van der Waals surface area contributed by atoms with E-state index in [1.54, 1.807) is 18.2 Å². The molecule has 29 heavy (non-hydrogen) atoms. The minimum absolute atomic E-state index is 0.0550. The monoisotopic (exact) mass is 423 g/mol. The minimum Gasteiger partial charge on any atom is -0.493 e. The highest BCUT2D eigenvalue weighted by molar-refractivity contribution is 6.32. The van der Waals surface area contributed by atoms with Crippen molar-refractivity contribution < 1.29 is 23.8 Å². The molecule has 1 saturated heterocycles. The van der Waals surface area contributed by atoms with E-state index in [1.807, 2.05) is 32.6 Å². The van der Waals surface area contributed by atoms with Gasteiger partial charge in [-0.05, 0) is 70.7 Å². The van der Waals surface area contributed by atoms with E-state index in [0.29, 0.717) is 22.1 Å². The maximum atomic E-state index is 12.4. The summed E-state index contributed by atoms with van der Waals surface area (Å²) < 4.78 is 16.1. The fraction of sp³-hybridized carbons (Fsp3) is 0.545. The van der Waals surface area contributed by atoms with Crippen molar-refractivity contribution >= 4 is 29.6 Å². The molecular weight excluding hydrogens is 394 g/mol. The number of carbonyl (C=O) groups is 2. The molecule has 0 unspecified atom stereocenters. The zero-order chi connectivity index (χ0) is 21.6. The predicted octanol–water partition coefficient (Wildman–Crippen LogP) is 4.48. The lowest BCUT2D eigenvalue weighted by Crippen LogP contribution is -2.49. The van der Waals surface area contributed by atoms with Crippen LogP contribution in [-0.4, -0.2) is 48.7 Å². The second kappa shape index (κ2) is 10.5. The molecule has 1 heterocycles. The number of hydrogen-bond acceptors (Lipinski definition) is 5. The van der Waals surface area contributed by atoms with Gasteiger partial charge in [-0.15, -0.1) is 0 Å².